The van der Waals surface area contributed by atoms with Crippen molar-refractivity contribution in [3.05, 3.63) is 12.2 Å². The second kappa shape index (κ2) is 10.9. The van der Waals surface area contributed by atoms with Crippen molar-refractivity contribution in [3.63, 3.8) is 0 Å². The molecule has 5 fully saturated rings. The summed E-state index contributed by atoms with van der Waals surface area (Å²) in [6.45, 7) is 10.8. The third kappa shape index (κ3) is 5.76. The molecular weight excluding hydrogens is 500 g/mol. The Morgan fingerprint density at radius 1 is 0.795 bits per heavy atom. The molecule has 39 heavy (non-hydrogen) atoms. The summed E-state index contributed by atoms with van der Waals surface area (Å²) in [6.07, 6.45) is 6.95. The van der Waals surface area contributed by atoms with Gasteiger partial charge in [0.15, 0.2) is 0 Å². The minimum atomic E-state index is -0.776. The van der Waals surface area contributed by atoms with Crippen molar-refractivity contribution < 1.29 is 38.1 Å². The van der Waals surface area contributed by atoms with E-state index in [0.717, 1.165) is 44.9 Å². The molecule has 0 aliphatic heterocycles. The largest absolute Gasteiger partial charge is 0.465 e. The molecule has 0 saturated heterocycles. The van der Waals surface area contributed by atoms with Crippen LogP contribution in [-0.4, -0.2) is 48.8 Å². The summed E-state index contributed by atoms with van der Waals surface area (Å²) in [4.78, 5) is 49.0. The fourth-order valence-corrected chi connectivity index (χ4v) is 8.51. The van der Waals surface area contributed by atoms with Gasteiger partial charge in [-0.1, -0.05) is 6.58 Å². The Balaban J connectivity index is 1.02. The van der Waals surface area contributed by atoms with Crippen LogP contribution in [0.25, 0.3) is 0 Å². The van der Waals surface area contributed by atoms with Crippen molar-refractivity contribution in [2.45, 2.75) is 104 Å². The van der Waals surface area contributed by atoms with E-state index in [1.807, 2.05) is 13.8 Å². The molecule has 0 N–H and O–H groups in total. The number of carbonyl (C=O) groups is 4. The summed E-state index contributed by atoms with van der Waals surface area (Å²) >= 11 is 0. The summed E-state index contributed by atoms with van der Waals surface area (Å²) in [5, 5.41) is 0. The topological polar surface area (TPSA) is 105 Å². The first-order valence-corrected chi connectivity index (χ1v) is 14.8. The van der Waals surface area contributed by atoms with Gasteiger partial charge in [0.25, 0.3) is 0 Å². The zero-order valence-corrected chi connectivity index (χ0v) is 23.8. The van der Waals surface area contributed by atoms with E-state index in [1.165, 1.54) is 6.92 Å². The minimum absolute atomic E-state index is 0.0190. The molecule has 0 aromatic rings. The zero-order valence-electron chi connectivity index (χ0n) is 23.8. The molecule has 0 radical (unpaired) electrons. The zero-order chi connectivity index (χ0) is 28.1. The highest BCUT2D eigenvalue weighted by molar-refractivity contribution is 5.87. The van der Waals surface area contributed by atoms with Crippen LogP contribution in [0.15, 0.2) is 12.2 Å². The van der Waals surface area contributed by atoms with E-state index in [-0.39, 0.29) is 48.6 Å². The highest BCUT2D eigenvalue weighted by atomic mass is 16.6. The maximum Gasteiger partial charge on any atom is 0.333 e. The van der Waals surface area contributed by atoms with E-state index in [2.05, 4.69) is 6.58 Å². The maximum atomic E-state index is 13.2. The molecule has 4 bridgehead atoms. The molecular formula is C31H44O8. The summed E-state index contributed by atoms with van der Waals surface area (Å²) in [7, 11) is 0. The number of esters is 4. The highest BCUT2D eigenvalue weighted by Gasteiger charge is 2.59. The van der Waals surface area contributed by atoms with Crippen molar-refractivity contribution in [1.29, 1.82) is 0 Å². The van der Waals surface area contributed by atoms with Gasteiger partial charge in [-0.15, -0.1) is 0 Å². The molecule has 5 saturated carbocycles. The van der Waals surface area contributed by atoms with Gasteiger partial charge in [0.1, 0.15) is 18.3 Å². The summed E-state index contributed by atoms with van der Waals surface area (Å²) in [5.74, 6) is 1.62. The predicted octanol–water partition coefficient (Wildman–Crippen LogP) is 4.78. The van der Waals surface area contributed by atoms with Gasteiger partial charge in [-0.2, -0.15) is 0 Å². The van der Waals surface area contributed by atoms with Crippen LogP contribution in [0.2, 0.25) is 0 Å². The SMILES string of the molecule is C=C(C)C(=O)OC1CC2CC1CC2COC(=O)CCC(C)(C)C(=O)OC1CCC2C3CC(CC3OC(C)=O)C12. The first kappa shape index (κ1) is 28.2. The Labute approximate surface area is 231 Å². The highest BCUT2D eigenvalue weighted by Crippen LogP contribution is 2.60. The van der Waals surface area contributed by atoms with Gasteiger partial charge in [0.2, 0.25) is 0 Å². The summed E-state index contributed by atoms with van der Waals surface area (Å²) < 4.78 is 22.8. The van der Waals surface area contributed by atoms with Gasteiger partial charge in [-0.3, -0.25) is 14.4 Å². The predicted molar refractivity (Wildman–Crippen MR) is 141 cm³/mol. The Bertz CT molecular complexity index is 1020. The van der Waals surface area contributed by atoms with Crippen molar-refractivity contribution in [2.75, 3.05) is 6.61 Å². The summed E-state index contributed by atoms with van der Waals surface area (Å²) in [5.41, 5.74) is -0.357. The first-order valence-electron chi connectivity index (χ1n) is 14.8. The quantitative estimate of drug-likeness (QED) is 0.220. The smallest absolute Gasteiger partial charge is 0.333 e. The monoisotopic (exact) mass is 544 g/mol. The van der Waals surface area contributed by atoms with Crippen LogP contribution in [0.1, 0.15) is 85.5 Å². The summed E-state index contributed by atoms with van der Waals surface area (Å²) in [6, 6.07) is 0. The van der Waals surface area contributed by atoms with Crippen LogP contribution in [0.5, 0.6) is 0 Å². The second-order valence-corrected chi connectivity index (χ2v) is 13.6. The molecule has 0 aromatic carbocycles. The molecule has 10 unspecified atom stereocenters. The van der Waals surface area contributed by atoms with Gasteiger partial charge in [0, 0.05) is 24.8 Å². The first-order chi connectivity index (χ1) is 18.4. The molecule has 0 spiro atoms. The molecule has 0 heterocycles. The van der Waals surface area contributed by atoms with Gasteiger partial charge in [-0.05, 0) is 108 Å². The van der Waals surface area contributed by atoms with Crippen molar-refractivity contribution in [3.8, 4) is 0 Å². The van der Waals surface area contributed by atoms with Crippen LogP contribution < -0.4 is 0 Å². The number of hydrogen-bond donors (Lipinski definition) is 0. The van der Waals surface area contributed by atoms with Crippen LogP contribution in [0, 0.1) is 46.8 Å². The lowest BCUT2D eigenvalue weighted by Gasteiger charge is -2.34. The lowest BCUT2D eigenvalue weighted by Crippen LogP contribution is -2.38. The molecule has 8 heteroatoms. The number of fused-ring (bicyclic) bond motifs is 7. The minimum Gasteiger partial charge on any atom is -0.465 e. The average Bonchev–Trinajstić information content (AvgIpc) is 3.67. The molecule has 0 amide bonds. The number of ether oxygens (including phenoxy) is 4. The Kier molecular flexibility index (Phi) is 7.86. The number of rotatable bonds is 10. The normalized spacial score (nSPS) is 37.8. The third-order valence-electron chi connectivity index (χ3n) is 10.5. The van der Waals surface area contributed by atoms with Crippen LogP contribution in [-0.2, 0) is 38.1 Å². The van der Waals surface area contributed by atoms with E-state index in [4.69, 9.17) is 18.9 Å². The van der Waals surface area contributed by atoms with Gasteiger partial charge < -0.3 is 18.9 Å². The van der Waals surface area contributed by atoms with Crippen molar-refractivity contribution in [1.82, 2.24) is 0 Å². The van der Waals surface area contributed by atoms with Crippen LogP contribution >= 0.6 is 0 Å². The van der Waals surface area contributed by atoms with E-state index in [1.54, 1.807) is 6.92 Å². The molecule has 8 nitrogen and oxygen atoms in total. The van der Waals surface area contributed by atoms with E-state index < -0.39 is 5.41 Å². The number of carbonyl (C=O) groups excluding carboxylic acids is 4. The molecule has 5 aliphatic rings. The van der Waals surface area contributed by atoms with Gasteiger partial charge in [-0.25, -0.2) is 4.79 Å². The van der Waals surface area contributed by atoms with Crippen molar-refractivity contribution in [2.24, 2.45) is 46.8 Å². The van der Waals surface area contributed by atoms with E-state index in [0.29, 0.717) is 60.0 Å². The van der Waals surface area contributed by atoms with E-state index >= 15 is 0 Å². The Morgan fingerprint density at radius 2 is 1.54 bits per heavy atom. The number of hydrogen-bond acceptors (Lipinski definition) is 8. The molecule has 0 aromatic heterocycles. The second-order valence-electron chi connectivity index (χ2n) is 13.6. The molecule has 216 valence electrons. The fraction of sp³-hybridized carbons (Fsp3) is 0.806. The Hall–Kier alpha value is -2.38. The Morgan fingerprint density at radius 3 is 2.21 bits per heavy atom. The average molecular weight is 545 g/mol. The molecule has 10 atom stereocenters. The van der Waals surface area contributed by atoms with Gasteiger partial charge in [0.05, 0.1) is 12.0 Å². The van der Waals surface area contributed by atoms with Crippen LogP contribution in [0.4, 0.5) is 0 Å². The molecule has 5 rings (SSSR count). The lowest BCUT2D eigenvalue weighted by molar-refractivity contribution is -0.164. The van der Waals surface area contributed by atoms with E-state index in [9.17, 15) is 19.2 Å². The standard InChI is InChI=1S/C31H44O8/c1-16(2)29(34)38-25-13-18-10-19(25)11-21(18)15-36-27(33)8-9-31(4,5)30(35)39-24-7-6-22-23-12-20(28(22)24)14-26(23)37-17(3)32/h18-26,28H,1,6-15H2,2-5H3. The van der Waals surface area contributed by atoms with Gasteiger partial charge >= 0.3 is 23.9 Å². The van der Waals surface area contributed by atoms with Crippen molar-refractivity contribution >= 4 is 23.9 Å². The maximum absolute atomic E-state index is 13.2. The fourth-order valence-electron chi connectivity index (χ4n) is 8.51. The molecule has 5 aliphatic carbocycles. The third-order valence-corrected chi connectivity index (χ3v) is 10.5. The van der Waals surface area contributed by atoms with Crippen LogP contribution in [0.3, 0.4) is 0 Å². The lowest BCUT2D eigenvalue weighted by atomic mass is 9.79.